The first-order chi connectivity index (χ1) is 12.6. The Hall–Kier alpha value is -2.34. The van der Waals surface area contributed by atoms with Gasteiger partial charge in [0.05, 0.1) is 29.6 Å². The molecule has 1 unspecified atom stereocenters. The highest BCUT2D eigenvalue weighted by Crippen LogP contribution is 2.40. The van der Waals surface area contributed by atoms with Crippen molar-refractivity contribution in [3.63, 3.8) is 0 Å². The molecule has 2 aromatic rings. The van der Waals surface area contributed by atoms with E-state index in [1.165, 1.54) is 0 Å². The molecule has 0 N–H and O–H groups in total. The molecule has 1 aromatic heterocycles. The third kappa shape index (κ3) is 2.43. The number of carbonyl (C=O) groups is 2. The van der Waals surface area contributed by atoms with Crippen LogP contribution in [0.3, 0.4) is 0 Å². The predicted molar refractivity (Wildman–Crippen MR) is 94.6 cm³/mol. The zero-order valence-electron chi connectivity index (χ0n) is 14.2. The molecule has 6 nitrogen and oxygen atoms in total. The van der Waals surface area contributed by atoms with Crippen molar-refractivity contribution in [2.24, 2.45) is 5.92 Å². The van der Waals surface area contributed by atoms with Gasteiger partial charge in [0.25, 0.3) is 5.91 Å². The van der Waals surface area contributed by atoms with Crippen LogP contribution in [-0.4, -0.2) is 39.5 Å². The molecule has 0 radical (unpaired) electrons. The summed E-state index contributed by atoms with van der Waals surface area (Å²) in [6.07, 6.45) is 5.56. The summed E-state index contributed by atoms with van der Waals surface area (Å²) in [5.74, 6) is 0.0426. The summed E-state index contributed by atoms with van der Waals surface area (Å²) in [5, 5.41) is 0.514. The Kier molecular flexibility index (Phi) is 3.57. The van der Waals surface area contributed by atoms with E-state index in [2.05, 4.69) is 4.98 Å². The van der Waals surface area contributed by atoms with Gasteiger partial charge >= 0.3 is 5.97 Å². The number of hydrogen-bond donors (Lipinski definition) is 0. The minimum absolute atomic E-state index is 0.0500. The Labute approximate surface area is 155 Å². The van der Waals surface area contributed by atoms with E-state index in [0.29, 0.717) is 41.0 Å². The molecule has 0 bridgehead atoms. The zero-order valence-corrected chi connectivity index (χ0v) is 14.9. The van der Waals surface area contributed by atoms with Crippen molar-refractivity contribution in [3.05, 3.63) is 46.5 Å². The lowest BCUT2D eigenvalue weighted by molar-refractivity contribution is 0.0473. The summed E-state index contributed by atoms with van der Waals surface area (Å²) >= 11 is 6.13. The number of hydrogen-bond acceptors (Lipinski definition) is 4. The molecule has 26 heavy (non-hydrogen) atoms. The summed E-state index contributed by atoms with van der Waals surface area (Å²) < 4.78 is 7.31. The Balaban J connectivity index is 1.63. The first kappa shape index (κ1) is 15.9. The predicted octanol–water partition coefficient (Wildman–Crippen LogP) is 3.38. The van der Waals surface area contributed by atoms with Crippen LogP contribution in [-0.2, 0) is 4.74 Å². The zero-order chi connectivity index (χ0) is 17.8. The Bertz CT molecular complexity index is 919. The number of aromatic nitrogens is 2. The van der Waals surface area contributed by atoms with Crippen LogP contribution < -0.4 is 0 Å². The summed E-state index contributed by atoms with van der Waals surface area (Å²) in [6, 6.07) is 5.08. The highest BCUT2D eigenvalue weighted by Gasteiger charge is 2.40. The number of imidazole rings is 1. The average Bonchev–Trinajstić information content (AvgIpc) is 3.18. The molecule has 7 heteroatoms. The van der Waals surface area contributed by atoms with Gasteiger partial charge in [0.1, 0.15) is 6.33 Å². The molecule has 1 atom stereocenters. The fourth-order valence-electron chi connectivity index (χ4n) is 3.91. The number of amides is 1. The van der Waals surface area contributed by atoms with Gasteiger partial charge in [-0.1, -0.05) is 11.6 Å². The second kappa shape index (κ2) is 5.84. The number of rotatable bonds is 3. The smallest absolute Gasteiger partial charge is 0.358 e. The third-order valence-corrected chi connectivity index (χ3v) is 5.66. The Morgan fingerprint density at radius 2 is 2.15 bits per heavy atom. The molecule has 134 valence electrons. The molecule has 1 aromatic carbocycles. The Morgan fingerprint density at radius 1 is 1.31 bits per heavy atom. The van der Waals surface area contributed by atoms with Gasteiger partial charge in [-0.15, -0.1) is 0 Å². The lowest BCUT2D eigenvalue weighted by atomic mass is 10.1. The Morgan fingerprint density at radius 3 is 2.96 bits per heavy atom. The minimum Gasteiger partial charge on any atom is -0.461 e. The summed E-state index contributed by atoms with van der Waals surface area (Å²) in [4.78, 5) is 31.9. The highest BCUT2D eigenvalue weighted by molar-refractivity contribution is 6.31. The third-order valence-electron chi connectivity index (χ3n) is 5.42. The number of carbonyl (C=O) groups excluding carboxylic acids is 2. The van der Waals surface area contributed by atoms with Gasteiger partial charge in [-0.25, -0.2) is 9.78 Å². The number of fused-ring (bicyclic) bond motifs is 5. The molecule has 1 aliphatic carbocycles. The molecular formula is C19H18ClN3O3. The van der Waals surface area contributed by atoms with E-state index < -0.39 is 5.97 Å². The van der Waals surface area contributed by atoms with Crippen LogP contribution in [0.15, 0.2) is 24.5 Å². The lowest BCUT2D eigenvalue weighted by Crippen LogP contribution is -2.30. The number of ether oxygens (including phenoxy) is 1. The first-order valence-corrected chi connectivity index (χ1v) is 9.36. The number of esters is 1. The number of nitrogens with zero attached hydrogens (tertiary/aromatic N) is 3. The molecule has 3 heterocycles. The second-order valence-corrected chi connectivity index (χ2v) is 7.64. The normalized spacial score (nSPS) is 21.0. The summed E-state index contributed by atoms with van der Waals surface area (Å²) in [5.41, 5.74) is 2.31. The van der Waals surface area contributed by atoms with Gasteiger partial charge in [0, 0.05) is 11.6 Å². The standard InChI is InChI=1S/C19H18ClN3O3/c20-12-5-6-14-13(8-12)18(24)22-7-1-2-15(22)17-16(21-10-23(14)17)19(25)26-9-11-3-4-11/h5-6,8,10-11,15H,1-4,7,9H2. The maximum Gasteiger partial charge on any atom is 0.358 e. The van der Waals surface area contributed by atoms with Crippen LogP contribution in [0.1, 0.15) is 58.3 Å². The average molecular weight is 372 g/mol. The molecule has 0 spiro atoms. The van der Waals surface area contributed by atoms with Crippen LogP contribution >= 0.6 is 11.6 Å². The van der Waals surface area contributed by atoms with Crippen LogP contribution in [0.4, 0.5) is 0 Å². The molecule has 2 fully saturated rings. The molecule has 3 aliphatic rings. The van der Waals surface area contributed by atoms with E-state index in [4.69, 9.17) is 16.3 Å². The van der Waals surface area contributed by atoms with Crippen LogP contribution in [0.2, 0.25) is 5.02 Å². The van der Waals surface area contributed by atoms with Crippen molar-refractivity contribution >= 4 is 23.5 Å². The molecule has 5 rings (SSSR count). The van der Waals surface area contributed by atoms with Gasteiger partial charge in [0.15, 0.2) is 5.69 Å². The summed E-state index contributed by atoms with van der Waals surface area (Å²) in [7, 11) is 0. The molecule has 1 amide bonds. The fourth-order valence-corrected chi connectivity index (χ4v) is 4.08. The van der Waals surface area contributed by atoms with Crippen molar-refractivity contribution in [1.82, 2.24) is 14.5 Å². The largest absolute Gasteiger partial charge is 0.461 e. The van der Waals surface area contributed by atoms with Crippen molar-refractivity contribution in [2.75, 3.05) is 13.2 Å². The quantitative estimate of drug-likeness (QED) is 0.776. The van der Waals surface area contributed by atoms with Crippen LogP contribution in [0, 0.1) is 5.92 Å². The maximum atomic E-state index is 13.1. The number of halogens is 1. The van der Waals surface area contributed by atoms with E-state index in [1.54, 1.807) is 18.5 Å². The van der Waals surface area contributed by atoms with Gasteiger partial charge < -0.3 is 9.64 Å². The molecular weight excluding hydrogens is 354 g/mol. The molecule has 1 saturated heterocycles. The fraction of sp³-hybridized carbons (Fsp3) is 0.421. The van der Waals surface area contributed by atoms with E-state index in [1.807, 2.05) is 15.5 Å². The van der Waals surface area contributed by atoms with E-state index in [9.17, 15) is 9.59 Å². The van der Waals surface area contributed by atoms with Crippen molar-refractivity contribution in [2.45, 2.75) is 31.7 Å². The van der Waals surface area contributed by atoms with E-state index >= 15 is 0 Å². The number of benzene rings is 1. The SMILES string of the molecule is O=C(OCC1CC1)c1ncn2c1C1CCCN1C(=O)c1cc(Cl)ccc1-2. The van der Waals surface area contributed by atoms with Gasteiger partial charge in [-0.05, 0) is 49.8 Å². The van der Waals surface area contributed by atoms with Crippen molar-refractivity contribution in [3.8, 4) is 5.69 Å². The van der Waals surface area contributed by atoms with Gasteiger partial charge in [-0.3, -0.25) is 9.36 Å². The van der Waals surface area contributed by atoms with Crippen molar-refractivity contribution < 1.29 is 14.3 Å². The lowest BCUT2D eigenvalue weighted by Gasteiger charge is -2.22. The monoisotopic (exact) mass is 371 g/mol. The summed E-state index contributed by atoms with van der Waals surface area (Å²) in [6.45, 7) is 1.11. The second-order valence-electron chi connectivity index (χ2n) is 7.21. The molecule has 2 aliphatic heterocycles. The van der Waals surface area contributed by atoms with E-state index in [-0.39, 0.29) is 11.9 Å². The highest BCUT2D eigenvalue weighted by atomic mass is 35.5. The van der Waals surface area contributed by atoms with Gasteiger partial charge in [0.2, 0.25) is 0 Å². The van der Waals surface area contributed by atoms with Crippen LogP contribution in [0.5, 0.6) is 0 Å². The topological polar surface area (TPSA) is 64.4 Å². The van der Waals surface area contributed by atoms with Crippen LogP contribution in [0.25, 0.3) is 5.69 Å². The first-order valence-electron chi connectivity index (χ1n) is 8.98. The van der Waals surface area contributed by atoms with E-state index in [0.717, 1.165) is 31.4 Å². The van der Waals surface area contributed by atoms with Crippen molar-refractivity contribution in [1.29, 1.82) is 0 Å². The maximum absolute atomic E-state index is 13.1. The molecule has 1 saturated carbocycles. The van der Waals surface area contributed by atoms with Gasteiger partial charge in [-0.2, -0.15) is 0 Å². The minimum atomic E-state index is -0.401.